The molecular formula is C16H11ClN2O4. The number of halogens is 1. The summed E-state index contributed by atoms with van der Waals surface area (Å²) in [5, 5.41) is 2.54. The number of rotatable bonds is 2. The third-order valence-corrected chi connectivity index (χ3v) is 3.75. The molecule has 0 atom stereocenters. The lowest BCUT2D eigenvalue weighted by atomic mass is 10.1. The summed E-state index contributed by atoms with van der Waals surface area (Å²) in [6.45, 7) is 1.80. The van der Waals surface area contributed by atoms with Crippen LogP contribution in [0.2, 0.25) is 5.02 Å². The fourth-order valence-corrected chi connectivity index (χ4v) is 2.30. The molecule has 1 aliphatic heterocycles. The Kier molecular flexibility index (Phi) is 3.75. The van der Waals surface area contributed by atoms with Crippen LogP contribution in [0.5, 0.6) is 0 Å². The van der Waals surface area contributed by atoms with Crippen LogP contribution in [0.15, 0.2) is 46.6 Å². The molecule has 7 heteroatoms. The van der Waals surface area contributed by atoms with Gasteiger partial charge in [-0.05, 0) is 42.8 Å². The molecule has 1 aromatic carbocycles. The molecule has 1 fully saturated rings. The molecule has 0 spiro atoms. The van der Waals surface area contributed by atoms with Crippen molar-refractivity contribution in [3.63, 3.8) is 0 Å². The Balaban J connectivity index is 2.03. The standard InChI is InChI=1S/C16H11ClN2O4/c1-9-4-5-10(7-13(9)17)19-15(21)12(14(20)18-16(19)22)8-11-3-2-6-23-11/h2-8H,1H3,(H,18,20,22)/b12-8-. The largest absolute Gasteiger partial charge is 0.465 e. The second-order valence-corrected chi connectivity index (χ2v) is 5.31. The van der Waals surface area contributed by atoms with Gasteiger partial charge in [0.2, 0.25) is 0 Å². The molecule has 23 heavy (non-hydrogen) atoms. The summed E-state index contributed by atoms with van der Waals surface area (Å²) in [7, 11) is 0. The summed E-state index contributed by atoms with van der Waals surface area (Å²) >= 11 is 6.04. The van der Waals surface area contributed by atoms with E-state index in [1.807, 2.05) is 0 Å². The second kappa shape index (κ2) is 5.73. The average molecular weight is 331 g/mol. The highest BCUT2D eigenvalue weighted by Crippen LogP contribution is 2.26. The highest BCUT2D eigenvalue weighted by atomic mass is 35.5. The Morgan fingerprint density at radius 1 is 1.22 bits per heavy atom. The summed E-state index contributed by atoms with van der Waals surface area (Å²) in [5.74, 6) is -1.18. The molecule has 0 bridgehead atoms. The number of hydrogen-bond donors (Lipinski definition) is 1. The molecule has 0 aliphatic carbocycles. The maximum absolute atomic E-state index is 12.6. The van der Waals surface area contributed by atoms with E-state index in [2.05, 4.69) is 5.32 Å². The lowest BCUT2D eigenvalue weighted by Crippen LogP contribution is -2.54. The molecular weight excluding hydrogens is 320 g/mol. The molecule has 3 rings (SSSR count). The van der Waals surface area contributed by atoms with Crippen molar-refractivity contribution in [1.29, 1.82) is 0 Å². The van der Waals surface area contributed by atoms with E-state index in [1.54, 1.807) is 31.2 Å². The number of imide groups is 2. The number of anilines is 1. The maximum atomic E-state index is 12.6. The van der Waals surface area contributed by atoms with Gasteiger partial charge in [0.1, 0.15) is 11.3 Å². The van der Waals surface area contributed by atoms with Gasteiger partial charge in [0.25, 0.3) is 11.8 Å². The van der Waals surface area contributed by atoms with Crippen LogP contribution < -0.4 is 10.2 Å². The molecule has 0 unspecified atom stereocenters. The minimum atomic E-state index is -0.823. The second-order valence-electron chi connectivity index (χ2n) is 4.91. The Hall–Kier alpha value is -2.86. The number of benzene rings is 1. The van der Waals surface area contributed by atoms with Gasteiger partial charge in [0.15, 0.2) is 0 Å². The monoisotopic (exact) mass is 330 g/mol. The van der Waals surface area contributed by atoms with Crippen molar-refractivity contribution in [2.75, 3.05) is 4.90 Å². The molecule has 2 aromatic rings. The third kappa shape index (κ3) is 2.76. The summed E-state index contributed by atoms with van der Waals surface area (Å²) in [5.41, 5.74) is 0.889. The van der Waals surface area contributed by atoms with Crippen molar-refractivity contribution < 1.29 is 18.8 Å². The van der Waals surface area contributed by atoms with Gasteiger partial charge in [0, 0.05) is 5.02 Å². The lowest BCUT2D eigenvalue weighted by molar-refractivity contribution is -0.122. The Morgan fingerprint density at radius 3 is 2.65 bits per heavy atom. The van der Waals surface area contributed by atoms with Crippen molar-refractivity contribution in [1.82, 2.24) is 5.32 Å². The summed E-state index contributed by atoms with van der Waals surface area (Å²) in [6.07, 6.45) is 2.70. The van der Waals surface area contributed by atoms with E-state index in [0.29, 0.717) is 10.8 Å². The van der Waals surface area contributed by atoms with Crippen molar-refractivity contribution in [3.05, 3.63) is 58.5 Å². The highest BCUT2D eigenvalue weighted by Gasteiger charge is 2.37. The van der Waals surface area contributed by atoms with Gasteiger partial charge in [-0.1, -0.05) is 17.7 Å². The predicted octanol–water partition coefficient (Wildman–Crippen LogP) is 2.91. The fraction of sp³-hybridized carbons (Fsp3) is 0.0625. The summed E-state index contributed by atoms with van der Waals surface area (Å²) in [4.78, 5) is 37.4. The van der Waals surface area contributed by atoms with E-state index in [0.717, 1.165) is 10.5 Å². The minimum absolute atomic E-state index is 0.198. The summed E-state index contributed by atoms with van der Waals surface area (Å²) < 4.78 is 5.10. The Morgan fingerprint density at radius 2 is 2.00 bits per heavy atom. The normalized spacial score (nSPS) is 16.9. The average Bonchev–Trinajstić information content (AvgIpc) is 3.00. The fourth-order valence-electron chi connectivity index (χ4n) is 2.13. The molecule has 1 saturated heterocycles. The van der Waals surface area contributed by atoms with Crippen molar-refractivity contribution >= 4 is 41.2 Å². The number of hydrogen-bond acceptors (Lipinski definition) is 4. The van der Waals surface area contributed by atoms with Crippen LogP contribution in [0.3, 0.4) is 0 Å². The predicted molar refractivity (Wildman–Crippen MR) is 83.9 cm³/mol. The van der Waals surface area contributed by atoms with Crippen LogP contribution in [0.4, 0.5) is 10.5 Å². The zero-order valence-electron chi connectivity index (χ0n) is 12.0. The van der Waals surface area contributed by atoms with Gasteiger partial charge in [-0.2, -0.15) is 0 Å². The number of furan rings is 1. The first-order chi connectivity index (χ1) is 11.0. The molecule has 6 nitrogen and oxygen atoms in total. The van der Waals surface area contributed by atoms with Gasteiger partial charge in [-0.25, -0.2) is 9.69 Å². The Labute approximate surface area is 136 Å². The van der Waals surface area contributed by atoms with E-state index in [4.69, 9.17) is 16.0 Å². The van der Waals surface area contributed by atoms with Crippen LogP contribution in [-0.2, 0) is 9.59 Å². The van der Waals surface area contributed by atoms with Gasteiger partial charge in [-0.3, -0.25) is 14.9 Å². The first-order valence-electron chi connectivity index (χ1n) is 6.68. The van der Waals surface area contributed by atoms with Gasteiger partial charge >= 0.3 is 6.03 Å². The van der Waals surface area contributed by atoms with Crippen LogP contribution >= 0.6 is 11.6 Å². The van der Waals surface area contributed by atoms with E-state index >= 15 is 0 Å². The summed E-state index contributed by atoms with van der Waals surface area (Å²) in [6, 6.07) is 7.16. The molecule has 1 N–H and O–H groups in total. The van der Waals surface area contributed by atoms with Crippen LogP contribution in [0.25, 0.3) is 6.08 Å². The van der Waals surface area contributed by atoms with E-state index in [1.165, 1.54) is 18.4 Å². The highest BCUT2D eigenvalue weighted by molar-refractivity contribution is 6.39. The molecule has 2 heterocycles. The molecule has 1 aromatic heterocycles. The Bertz CT molecular complexity index is 840. The third-order valence-electron chi connectivity index (χ3n) is 3.35. The lowest BCUT2D eigenvalue weighted by Gasteiger charge is -2.26. The zero-order valence-corrected chi connectivity index (χ0v) is 12.8. The number of nitrogens with one attached hydrogen (secondary N) is 1. The molecule has 116 valence electrons. The minimum Gasteiger partial charge on any atom is -0.465 e. The number of nitrogens with zero attached hydrogens (tertiary/aromatic N) is 1. The maximum Gasteiger partial charge on any atom is 0.335 e. The molecule has 0 radical (unpaired) electrons. The van der Waals surface area contributed by atoms with E-state index < -0.39 is 17.8 Å². The van der Waals surface area contributed by atoms with E-state index in [9.17, 15) is 14.4 Å². The smallest absolute Gasteiger partial charge is 0.335 e. The first kappa shape index (κ1) is 15.1. The van der Waals surface area contributed by atoms with Crippen LogP contribution in [0.1, 0.15) is 11.3 Å². The van der Waals surface area contributed by atoms with Gasteiger partial charge in [0.05, 0.1) is 12.0 Å². The number of carbonyl (C=O) groups excluding carboxylic acids is 3. The SMILES string of the molecule is Cc1ccc(N2C(=O)NC(=O)/C(=C/c3ccco3)C2=O)cc1Cl. The topological polar surface area (TPSA) is 79.6 Å². The molecule has 1 aliphatic rings. The van der Waals surface area contributed by atoms with Gasteiger partial charge < -0.3 is 4.42 Å². The number of carbonyl (C=O) groups is 3. The molecule has 4 amide bonds. The van der Waals surface area contributed by atoms with Crippen LogP contribution in [0, 0.1) is 6.92 Å². The molecule has 0 saturated carbocycles. The van der Waals surface area contributed by atoms with Gasteiger partial charge in [-0.15, -0.1) is 0 Å². The van der Waals surface area contributed by atoms with Crippen molar-refractivity contribution in [2.45, 2.75) is 6.92 Å². The zero-order chi connectivity index (χ0) is 16.6. The van der Waals surface area contributed by atoms with Crippen LogP contribution in [-0.4, -0.2) is 17.8 Å². The number of amides is 4. The number of aryl methyl sites for hydroxylation is 1. The number of barbiturate groups is 1. The van der Waals surface area contributed by atoms with E-state index in [-0.39, 0.29) is 11.3 Å². The quantitative estimate of drug-likeness (QED) is 0.678. The van der Waals surface area contributed by atoms with Crippen molar-refractivity contribution in [3.8, 4) is 0 Å². The number of urea groups is 1. The van der Waals surface area contributed by atoms with Crippen molar-refractivity contribution in [2.24, 2.45) is 0 Å². The first-order valence-corrected chi connectivity index (χ1v) is 7.06.